The van der Waals surface area contributed by atoms with Crippen molar-refractivity contribution in [3.8, 4) is 0 Å². The minimum absolute atomic E-state index is 0.481. The van der Waals surface area contributed by atoms with Gasteiger partial charge in [-0.1, -0.05) is 30.4 Å². The molecule has 0 fully saturated rings. The summed E-state index contributed by atoms with van der Waals surface area (Å²) in [5.74, 6) is 0.645. The van der Waals surface area contributed by atoms with Gasteiger partial charge in [0.2, 0.25) is 5.91 Å². The zero-order valence-electron chi connectivity index (χ0n) is 8.55. The lowest BCUT2D eigenvalue weighted by molar-refractivity contribution is -0.113. The van der Waals surface area contributed by atoms with Crippen LogP contribution in [0.3, 0.4) is 0 Å². The zero-order chi connectivity index (χ0) is 11.5. The van der Waals surface area contributed by atoms with Crippen LogP contribution in [0.5, 0.6) is 0 Å². The van der Waals surface area contributed by atoms with E-state index in [1.165, 1.54) is 0 Å². The number of pyridine rings is 1. The van der Waals surface area contributed by atoms with E-state index < -0.39 is 5.91 Å². The third-order valence-electron chi connectivity index (χ3n) is 1.10. The Bertz CT molecular complexity index is 291. The van der Waals surface area contributed by atoms with Gasteiger partial charge in [0, 0.05) is 11.9 Å². The van der Waals surface area contributed by atoms with E-state index in [0.717, 1.165) is 16.9 Å². The van der Waals surface area contributed by atoms with Gasteiger partial charge in [-0.3, -0.25) is 4.79 Å². The highest BCUT2D eigenvalue weighted by Crippen LogP contribution is 2.27. The lowest BCUT2D eigenvalue weighted by Gasteiger charge is -1.94. The summed E-state index contributed by atoms with van der Waals surface area (Å²) in [5.41, 5.74) is 4.53. The predicted octanol–water partition coefficient (Wildman–Crippen LogP) is 2.50. The molecule has 0 aromatic carbocycles. The summed E-state index contributed by atoms with van der Waals surface area (Å²) in [6.45, 7) is 5.23. The van der Waals surface area contributed by atoms with Crippen molar-refractivity contribution in [1.29, 1.82) is 0 Å². The smallest absolute Gasteiger partial charge is 0.240 e. The molecule has 0 saturated heterocycles. The quantitative estimate of drug-likeness (QED) is 0.651. The molecular weight excluding hydrogens is 228 g/mol. The average molecular weight is 242 g/mol. The van der Waals surface area contributed by atoms with Gasteiger partial charge in [-0.15, -0.1) is 0 Å². The Morgan fingerprint density at radius 2 is 2.33 bits per heavy atom. The Morgan fingerprint density at radius 3 is 2.73 bits per heavy atom. The molecule has 5 heteroatoms. The van der Waals surface area contributed by atoms with Gasteiger partial charge in [0.25, 0.3) is 0 Å². The van der Waals surface area contributed by atoms with Crippen molar-refractivity contribution in [1.82, 2.24) is 4.98 Å². The second-order valence-corrected chi connectivity index (χ2v) is 4.87. The number of nitrogens with zero attached hydrogens (tertiary/aromatic N) is 1. The van der Waals surface area contributed by atoms with Crippen LogP contribution >= 0.6 is 21.6 Å². The van der Waals surface area contributed by atoms with Crippen LogP contribution in [-0.4, -0.2) is 16.6 Å². The Hall–Kier alpha value is -0.940. The van der Waals surface area contributed by atoms with Crippen LogP contribution in [0, 0.1) is 0 Å². The van der Waals surface area contributed by atoms with E-state index in [1.54, 1.807) is 10.8 Å². The number of carbonyl (C=O) groups is 1. The Balaban J connectivity index is 0.000000336. The van der Waals surface area contributed by atoms with Crippen molar-refractivity contribution in [3.63, 3.8) is 0 Å². The summed E-state index contributed by atoms with van der Waals surface area (Å²) in [7, 11) is 3.54. The number of rotatable bonds is 4. The van der Waals surface area contributed by atoms with Crippen molar-refractivity contribution in [2.45, 2.75) is 11.9 Å². The maximum atomic E-state index is 9.47. The van der Waals surface area contributed by atoms with Crippen molar-refractivity contribution >= 4 is 27.5 Å². The molecular formula is C10H14N2OS2. The number of amides is 1. The molecule has 0 saturated carbocycles. The summed E-state index contributed by atoms with van der Waals surface area (Å²) in [6.07, 6.45) is 2.87. The van der Waals surface area contributed by atoms with E-state index in [4.69, 9.17) is 0 Å². The van der Waals surface area contributed by atoms with Gasteiger partial charge in [-0.2, -0.15) is 0 Å². The minimum atomic E-state index is -0.481. The summed E-state index contributed by atoms with van der Waals surface area (Å²) in [6, 6.07) is 5.96. The first-order chi connectivity index (χ1) is 7.20. The molecule has 0 atom stereocenters. The van der Waals surface area contributed by atoms with Crippen molar-refractivity contribution in [3.05, 3.63) is 37.1 Å². The fourth-order valence-electron chi connectivity index (χ4n) is 0.516. The van der Waals surface area contributed by atoms with Gasteiger partial charge in [-0.25, -0.2) is 4.98 Å². The number of hydrogen-bond donors (Lipinski definition) is 1. The van der Waals surface area contributed by atoms with Gasteiger partial charge in [0.05, 0.1) is 0 Å². The van der Waals surface area contributed by atoms with E-state index in [2.05, 4.69) is 24.2 Å². The zero-order valence-corrected chi connectivity index (χ0v) is 10.2. The summed E-state index contributed by atoms with van der Waals surface area (Å²) >= 11 is 0. The van der Waals surface area contributed by atoms with Crippen molar-refractivity contribution in [2.24, 2.45) is 5.73 Å². The third kappa shape index (κ3) is 9.37. The molecule has 15 heavy (non-hydrogen) atoms. The topological polar surface area (TPSA) is 56.0 Å². The Kier molecular flexibility index (Phi) is 9.01. The van der Waals surface area contributed by atoms with E-state index in [0.29, 0.717) is 0 Å². The number of nitrogens with two attached hydrogens (primary N) is 1. The van der Waals surface area contributed by atoms with Crippen LogP contribution < -0.4 is 5.73 Å². The maximum absolute atomic E-state index is 9.47. The van der Waals surface area contributed by atoms with E-state index in [-0.39, 0.29) is 0 Å². The molecule has 1 heterocycles. The van der Waals surface area contributed by atoms with Crippen molar-refractivity contribution < 1.29 is 4.79 Å². The summed E-state index contributed by atoms with van der Waals surface area (Å²) in [4.78, 5) is 13.6. The molecule has 0 aliphatic carbocycles. The Labute approximate surface area is 97.9 Å². The predicted molar refractivity (Wildman–Crippen MR) is 67.6 cm³/mol. The molecule has 0 radical (unpaired) electrons. The highest BCUT2D eigenvalue weighted by Gasteiger charge is 1.90. The summed E-state index contributed by atoms with van der Waals surface area (Å²) in [5, 5.41) is 1.09. The largest absolute Gasteiger partial charge is 0.366 e. The number of primary amides is 1. The number of carbonyl (C=O) groups excluding carboxylic acids is 1. The van der Waals surface area contributed by atoms with E-state index in [1.807, 2.05) is 35.2 Å². The van der Waals surface area contributed by atoms with Crippen LogP contribution in [-0.2, 0) is 4.79 Å². The second-order valence-electron chi connectivity index (χ2n) is 2.26. The molecule has 0 unspecified atom stereocenters. The highest BCUT2D eigenvalue weighted by molar-refractivity contribution is 8.76. The van der Waals surface area contributed by atoms with Crippen LogP contribution in [0.15, 0.2) is 42.1 Å². The van der Waals surface area contributed by atoms with Crippen LogP contribution in [0.4, 0.5) is 0 Å². The van der Waals surface area contributed by atoms with Gasteiger partial charge >= 0.3 is 0 Å². The number of aromatic nitrogens is 1. The first kappa shape index (κ1) is 14.1. The van der Waals surface area contributed by atoms with Crippen molar-refractivity contribution in [2.75, 3.05) is 5.75 Å². The highest BCUT2D eigenvalue weighted by atomic mass is 33.1. The Morgan fingerprint density at radius 1 is 1.67 bits per heavy atom. The van der Waals surface area contributed by atoms with Gasteiger partial charge < -0.3 is 5.73 Å². The average Bonchev–Trinajstić information content (AvgIpc) is 2.28. The fraction of sp³-hybridized carbons (Fsp3) is 0.200. The first-order valence-corrected chi connectivity index (χ1v) is 6.65. The number of hydrogen-bond acceptors (Lipinski definition) is 4. The molecule has 1 aromatic rings. The second kappa shape index (κ2) is 9.61. The van der Waals surface area contributed by atoms with E-state index >= 15 is 0 Å². The SMILES string of the molecule is C=CC(N)=O.CCSSc1ccccn1. The molecule has 3 nitrogen and oxygen atoms in total. The standard InChI is InChI=1S/C7H9NS2.C3H5NO/c1-2-9-10-7-5-3-4-6-8-7;1-2-3(4)5/h3-6H,2H2,1H3;2H,1H2,(H2,4,5). The normalized spacial score (nSPS) is 8.60. The van der Waals surface area contributed by atoms with Gasteiger partial charge in [0.15, 0.2) is 0 Å². The van der Waals surface area contributed by atoms with Crippen LogP contribution in [0.1, 0.15) is 6.92 Å². The lowest BCUT2D eigenvalue weighted by atomic mass is 10.5. The minimum Gasteiger partial charge on any atom is -0.366 e. The molecule has 0 bridgehead atoms. The molecule has 1 rings (SSSR count). The fourth-order valence-corrected chi connectivity index (χ4v) is 2.00. The molecule has 0 spiro atoms. The third-order valence-corrected chi connectivity index (χ3v) is 3.44. The maximum Gasteiger partial charge on any atom is 0.240 e. The molecule has 0 aliphatic rings. The van der Waals surface area contributed by atoms with Gasteiger partial charge in [0.1, 0.15) is 5.03 Å². The molecule has 82 valence electrons. The monoisotopic (exact) mass is 242 g/mol. The summed E-state index contributed by atoms with van der Waals surface area (Å²) < 4.78 is 0. The lowest BCUT2D eigenvalue weighted by Crippen LogP contribution is -2.04. The van der Waals surface area contributed by atoms with Gasteiger partial charge in [-0.05, 0) is 29.0 Å². The van der Waals surface area contributed by atoms with Crippen LogP contribution in [0.2, 0.25) is 0 Å². The molecule has 2 N–H and O–H groups in total. The molecule has 0 aliphatic heterocycles. The van der Waals surface area contributed by atoms with Crippen LogP contribution in [0.25, 0.3) is 0 Å². The van der Waals surface area contributed by atoms with E-state index in [9.17, 15) is 4.79 Å². The molecule has 1 amide bonds. The first-order valence-electron chi connectivity index (χ1n) is 4.33. The molecule has 1 aromatic heterocycles.